The first-order chi connectivity index (χ1) is 11.8. The molecule has 3 aromatic heterocycles. The van der Waals surface area contributed by atoms with E-state index in [0.29, 0.717) is 0 Å². The zero-order valence-electron chi connectivity index (χ0n) is 14.5. The van der Waals surface area contributed by atoms with Crippen molar-refractivity contribution in [1.29, 1.82) is 0 Å². The molecule has 3 aromatic rings. The molecule has 0 aliphatic carbocycles. The van der Waals surface area contributed by atoms with Gasteiger partial charge in [-0.2, -0.15) is 0 Å². The summed E-state index contributed by atoms with van der Waals surface area (Å²) in [6.07, 6.45) is 6.03. The predicted molar refractivity (Wildman–Crippen MR) is 99.3 cm³/mol. The summed E-state index contributed by atoms with van der Waals surface area (Å²) in [5.41, 5.74) is 8.40. The zero-order chi connectivity index (χ0) is 15.9. The van der Waals surface area contributed by atoms with Crippen LogP contribution in [0.3, 0.4) is 0 Å². The Morgan fingerprint density at radius 1 is 0.615 bits per heavy atom. The van der Waals surface area contributed by atoms with Crippen molar-refractivity contribution in [2.24, 2.45) is 0 Å². The fraction of sp³-hybridized carbons (Fsp3) is 0.100. The van der Waals surface area contributed by atoms with E-state index in [0.717, 1.165) is 57.7 Å². The average molecular weight is 352 g/mol. The molecule has 124 valence electrons. The number of aromatic amines is 2. The molecule has 0 spiro atoms. The molecule has 5 rings (SSSR count). The van der Waals surface area contributed by atoms with Crippen LogP contribution < -0.4 is 29.6 Å². The molecule has 0 fully saturated rings. The second-order valence-electron chi connectivity index (χ2n) is 6.20. The number of rotatable bonds is 0. The van der Waals surface area contributed by atoms with Gasteiger partial charge in [-0.3, -0.25) is 4.98 Å². The average Bonchev–Trinajstić information content (AvgIpc) is 3.32. The topological polar surface area (TPSA) is 87.4 Å². The monoisotopic (exact) mass is 352 g/mol. The minimum Gasteiger partial charge on any atom is -0.870 e. The van der Waals surface area contributed by atoms with Crippen LogP contribution in [0.2, 0.25) is 0 Å². The number of hydrogen-bond acceptors (Lipinski definition) is 3. The molecular formula is C20H17N4NaO. The Morgan fingerprint density at radius 2 is 1.04 bits per heavy atom. The molecule has 5 nitrogen and oxygen atoms in total. The van der Waals surface area contributed by atoms with Crippen molar-refractivity contribution in [3.05, 3.63) is 71.3 Å². The third-order valence-corrected chi connectivity index (χ3v) is 4.32. The number of fused-ring (bicyclic) bond motifs is 8. The summed E-state index contributed by atoms with van der Waals surface area (Å²) in [5.74, 6) is 0. The molecule has 8 bridgehead atoms. The van der Waals surface area contributed by atoms with Gasteiger partial charge < -0.3 is 15.4 Å². The quantitative estimate of drug-likeness (QED) is 0.465. The third-order valence-electron chi connectivity index (χ3n) is 4.32. The molecule has 0 saturated heterocycles. The zero-order valence-corrected chi connectivity index (χ0v) is 16.5. The van der Waals surface area contributed by atoms with Gasteiger partial charge >= 0.3 is 29.6 Å². The maximum Gasteiger partial charge on any atom is 1.00 e. The van der Waals surface area contributed by atoms with Crippen LogP contribution in [-0.2, 0) is 12.8 Å². The summed E-state index contributed by atoms with van der Waals surface area (Å²) < 4.78 is 0. The first kappa shape index (κ1) is 18.6. The molecule has 2 aliphatic heterocycles. The minimum absolute atomic E-state index is 0. The van der Waals surface area contributed by atoms with Gasteiger partial charge in [-0.15, -0.1) is 0 Å². The summed E-state index contributed by atoms with van der Waals surface area (Å²) in [6, 6.07) is 16.7. The summed E-state index contributed by atoms with van der Waals surface area (Å²) in [5, 5.41) is 0. The first-order valence-corrected chi connectivity index (χ1v) is 8.14. The van der Waals surface area contributed by atoms with Crippen molar-refractivity contribution < 1.29 is 35.0 Å². The van der Waals surface area contributed by atoms with Crippen LogP contribution in [0.1, 0.15) is 22.8 Å². The smallest absolute Gasteiger partial charge is 0.870 e. The van der Waals surface area contributed by atoms with Crippen LogP contribution >= 0.6 is 0 Å². The van der Waals surface area contributed by atoms with Crippen molar-refractivity contribution >= 4 is 34.2 Å². The van der Waals surface area contributed by atoms with Gasteiger partial charge in [0.15, 0.2) is 0 Å². The van der Waals surface area contributed by atoms with Crippen LogP contribution in [0.4, 0.5) is 0 Å². The number of nitrogens with one attached hydrogen (secondary N) is 2. The molecule has 3 N–H and O–H groups in total. The van der Waals surface area contributed by atoms with Crippen LogP contribution in [0.5, 0.6) is 0 Å². The van der Waals surface area contributed by atoms with Gasteiger partial charge in [0.1, 0.15) is 0 Å². The fourth-order valence-corrected chi connectivity index (χ4v) is 3.19. The largest absolute Gasteiger partial charge is 1.00 e. The van der Waals surface area contributed by atoms with Gasteiger partial charge in [0.2, 0.25) is 0 Å². The van der Waals surface area contributed by atoms with Crippen LogP contribution in [0, 0.1) is 0 Å². The molecule has 0 amide bonds. The Labute approximate surface area is 172 Å². The SMILES string of the molecule is C1=Cc2cc3ccc(cc4nc(cc5ccc(cc1n2)[nH]5)CC4)[nH]3.[Na+].[OH-]. The van der Waals surface area contributed by atoms with Gasteiger partial charge in [-0.25, -0.2) is 4.98 Å². The summed E-state index contributed by atoms with van der Waals surface area (Å²) in [7, 11) is 0. The van der Waals surface area contributed by atoms with E-state index in [1.165, 1.54) is 0 Å². The van der Waals surface area contributed by atoms with Crippen molar-refractivity contribution in [3.8, 4) is 0 Å². The Hall–Kier alpha value is -2.18. The standard InChI is InChI=1S/C20H16N4.Na.H2O/c1-2-14-10-16-5-6-18(23-16)12-20-8-7-19(24-20)11-17-4-3-15(22-17)9-13(1)21-14;;/h1-6,9-12,22-23H,7-8H2;;1H2/q;+1;/p-1. The van der Waals surface area contributed by atoms with E-state index >= 15 is 0 Å². The van der Waals surface area contributed by atoms with Gasteiger partial charge in [-0.05, 0) is 73.5 Å². The molecule has 0 unspecified atom stereocenters. The van der Waals surface area contributed by atoms with Crippen LogP contribution in [0.15, 0.2) is 48.5 Å². The van der Waals surface area contributed by atoms with E-state index in [1.54, 1.807) is 0 Å². The van der Waals surface area contributed by atoms with Crippen LogP contribution in [0.25, 0.3) is 34.2 Å². The second-order valence-corrected chi connectivity index (χ2v) is 6.20. The Bertz CT molecular complexity index is 1040. The Balaban J connectivity index is 0.000000980. The summed E-state index contributed by atoms with van der Waals surface area (Å²) >= 11 is 0. The van der Waals surface area contributed by atoms with Crippen molar-refractivity contribution in [2.45, 2.75) is 12.8 Å². The van der Waals surface area contributed by atoms with Gasteiger partial charge in [0, 0.05) is 33.5 Å². The van der Waals surface area contributed by atoms with E-state index in [2.05, 4.69) is 63.5 Å². The number of nitrogens with zero attached hydrogens (tertiary/aromatic N) is 2. The molecular weight excluding hydrogens is 335 g/mol. The predicted octanol–water partition coefficient (Wildman–Crippen LogP) is 1.10. The molecule has 5 heterocycles. The molecule has 0 aromatic carbocycles. The van der Waals surface area contributed by atoms with Gasteiger partial charge in [-0.1, -0.05) is 0 Å². The number of H-pyrrole nitrogens is 2. The van der Waals surface area contributed by atoms with Gasteiger partial charge in [0.25, 0.3) is 0 Å². The van der Waals surface area contributed by atoms with E-state index in [1.807, 2.05) is 12.2 Å². The molecule has 0 radical (unpaired) electrons. The molecule has 26 heavy (non-hydrogen) atoms. The second kappa shape index (κ2) is 7.60. The van der Waals surface area contributed by atoms with Crippen molar-refractivity contribution in [1.82, 2.24) is 19.9 Å². The van der Waals surface area contributed by atoms with Crippen molar-refractivity contribution in [3.63, 3.8) is 0 Å². The van der Waals surface area contributed by atoms with Crippen molar-refractivity contribution in [2.75, 3.05) is 0 Å². The number of aryl methyl sites for hydroxylation is 2. The summed E-state index contributed by atoms with van der Waals surface area (Å²) in [4.78, 5) is 16.2. The number of aromatic nitrogens is 4. The normalized spacial score (nSPS) is 12.3. The summed E-state index contributed by atoms with van der Waals surface area (Å²) in [6.45, 7) is 0. The number of hydrogen-bond donors (Lipinski definition) is 2. The van der Waals surface area contributed by atoms with E-state index < -0.39 is 0 Å². The van der Waals surface area contributed by atoms with Crippen LogP contribution in [-0.4, -0.2) is 25.4 Å². The van der Waals surface area contributed by atoms with E-state index in [9.17, 15) is 0 Å². The van der Waals surface area contributed by atoms with E-state index in [4.69, 9.17) is 4.98 Å². The first-order valence-electron chi connectivity index (χ1n) is 8.14. The molecule has 2 aliphatic rings. The maximum atomic E-state index is 4.75. The molecule has 0 atom stereocenters. The molecule has 0 saturated carbocycles. The fourth-order valence-electron chi connectivity index (χ4n) is 3.19. The maximum absolute atomic E-state index is 4.75. The molecule has 6 heteroatoms. The minimum atomic E-state index is 0. The Kier molecular flexibility index (Phi) is 5.44. The van der Waals surface area contributed by atoms with Gasteiger partial charge in [0.05, 0.1) is 11.4 Å². The van der Waals surface area contributed by atoms with E-state index in [-0.39, 0.29) is 35.0 Å². The Morgan fingerprint density at radius 3 is 1.50 bits per heavy atom. The third kappa shape index (κ3) is 3.81.